The molecule has 3 rings (SSSR count). The first-order valence-corrected chi connectivity index (χ1v) is 8.70. The van der Waals surface area contributed by atoms with Crippen LogP contribution in [0.15, 0.2) is 30.3 Å². The van der Waals surface area contributed by atoms with E-state index in [9.17, 15) is 9.90 Å². The lowest BCUT2D eigenvalue weighted by molar-refractivity contribution is -0.164. The molecular formula is C19H27NO3. The van der Waals surface area contributed by atoms with Crippen LogP contribution < -0.4 is 0 Å². The third-order valence-corrected chi connectivity index (χ3v) is 5.30. The van der Waals surface area contributed by atoms with Crippen LogP contribution in [-0.2, 0) is 9.53 Å². The Labute approximate surface area is 138 Å². The van der Waals surface area contributed by atoms with Crippen molar-refractivity contribution in [2.45, 2.75) is 70.4 Å². The van der Waals surface area contributed by atoms with E-state index >= 15 is 0 Å². The first kappa shape index (κ1) is 16.5. The highest BCUT2D eigenvalue weighted by molar-refractivity contribution is 5.74. The van der Waals surface area contributed by atoms with E-state index in [2.05, 4.69) is 36.1 Å². The Morgan fingerprint density at radius 2 is 1.91 bits per heavy atom. The molecule has 0 saturated carbocycles. The summed E-state index contributed by atoms with van der Waals surface area (Å²) in [6.45, 7) is 5.91. The molecule has 0 amide bonds. The topological polar surface area (TPSA) is 49.8 Å². The van der Waals surface area contributed by atoms with Crippen LogP contribution in [0.4, 0.5) is 0 Å². The van der Waals surface area contributed by atoms with Crippen molar-refractivity contribution in [3.8, 4) is 0 Å². The van der Waals surface area contributed by atoms with Crippen LogP contribution in [0.1, 0.15) is 51.6 Å². The minimum atomic E-state index is -0.585. The maximum absolute atomic E-state index is 12.5. The van der Waals surface area contributed by atoms with Crippen molar-refractivity contribution in [1.29, 1.82) is 0 Å². The third kappa shape index (κ3) is 3.15. The molecule has 2 bridgehead atoms. The van der Waals surface area contributed by atoms with Crippen molar-refractivity contribution in [2.24, 2.45) is 5.92 Å². The molecular weight excluding hydrogens is 290 g/mol. The van der Waals surface area contributed by atoms with Crippen molar-refractivity contribution in [3.05, 3.63) is 35.9 Å². The maximum atomic E-state index is 12.5. The Balaban J connectivity index is 1.83. The van der Waals surface area contributed by atoms with Gasteiger partial charge in [0, 0.05) is 18.1 Å². The van der Waals surface area contributed by atoms with Gasteiger partial charge >= 0.3 is 5.97 Å². The van der Waals surface area contributed by atoms with E-state index in [0.29, 0.717) is 12.5 Å². The SMILES string of the molecule is CC(C)OC(=O)C1C(O)CC2CCC1N2[C@H](C)c1ccccc1. The Morgan fingerprint density at radius 1 is 1.22 bits per heavy atom. The van der Waals surface area contributed by atoms with Gasteiger partial charge in [-0.2, -0.15) is 0 Å². The highest BCUT2D eigenvalue weighted by atomic mass is 16.5. The predicted molar refractivity (Wildman–Crippen MR) is 88.8 cm³/mol. The van der Waals surface area contributed by atoms with Gasteiger partial charge in [-0.15, -0.1) is 0 Å². The summed E-state index contributed by atoms with van der Waals surface area (Å²) >= 11 is 0. The number of ether oxygens (including phenoxy) is 1. The monoisotopic (exact) mass is 317 g/mol. The fourth-order valence-electron chi connectivity index (χ4n) is 4.35. The summed E-state index contributed by atoms with van der Waals surface area (Å²) in [4.78, 5) is 14.9. The molecule has 0 aromatic heterocycles. The van der Waals surface area contributed by atoms with Gasteiger partial charge in [0.1, 0.15) is 0 Å². The smallest absolute Gasteiger partial charge is 0.313 e. The molecule has 1 N–H and O–H groups in total. The van der Waals surface area contributed by atoms with Gasteiger partial charge in [-0.1, -0.05) is 30.3 Å². The van der Waals surface area contributed by atoms with Crippen molar-refractivity contribution in [1.82, 2.24) is 4.90 Å². The average Bonchev–Trinajstić information content (AvgIpc) is 2.81. The zero-order valence-electron chi connectivity index (χ0n) is 14.2. The number of carbonyl (C=O) groups excluding carboxylic acids is 1. The molecule has 2 aliphatic rings. The summed E-state index contributed by atoms with van der Waals surface area (Å²) in [5, 5.41) is 10.5. The summed E-state index contributed by atoms with van der Waals surface area (Å²) in [5.41, 5.74) is 1.26. The van der Waals surface area contributed by atoms with E-state index in [1.54, 1.807) is 0 Å². The van der Waals surface area contributed by atoms with Crippen LogP contribution >= 0.6 is 0 Å². The molecule has 4 heteroatoms. The number of aliphatic hydroxyl groups is 1. The normalized spacial score (nSPS) is 32.0. The summed E-state index contributed by atoms with van der Waals surface area (Å²) in [5.74, 6) is -0.676. The minimum Gasteiger partial charge on any atom is -0.463 e. The average molecular weight is 317 g/mol. The lowest BCUT2D eigenvalue weighted by Crippen LogP contribution is -2.54. The maximum Gasteiger partial charge on any atom is 0.313 e. The molecule has 0 spiro atoms. The second kappa shape index (κ2) is 6.62. The molecule has 4 unspecified atom stereocenters. The van der Waals surface area contributed by atoms with Gasteiger partial charge in [-0.3, -0.25) is 9.69 Å². The molecule has 5 atom stereocenters. The van der Waals surface area contributed by atoms with Crippen LogP contribution in [0, 0.1) is 5.92 Å². The summed E-state index contributed by atoms with van der Waals surface area (Å²) in [6.07, 6.45) is 1.93. The zero-order valence-corrected chi connectivity index (χ0v) is 14.2. The van der Waals surface area contributed by atoms with Gasteiger partial charge in [0.05, 0.1) is 18.1 Å². The summed E-state index contributed by atoms with van der Waals surface area (Å²) in [6, 6.07) is 11.1. The van der Waals surface area contributed by atoms with E-state index in [0.717, 1.165) is 12.8 Å². The molecule has 1 aromatic rings. The van der Waals surface area contributed by atoms with Gasteiger partial charge in [0.25, 0.3) is 0 Å². The number of aliphatic hydroxyl groups excluding tert-OH is 1. The van der Waals surface area contributed by atoms with Crippen molar-refractivity contribution in [3.63, 3.8) is 0 Å². The summed E-state index contributed by atoms with van der Waals surface area (Å²) < 4.78 is 5.42. The fourth-order valence-corrected chi connectivity index (χ4v) is 4.35. The van der Waals surface area contributed by atoms with Gasteiger partial charge in [-0.25, -0.2) is 0 Å². The van der Waals surface area contributed by atoms with E-state index in [4.69, 9.17) is 4.74 Å². The number of nitrogens with zero attached hydrogens (tertiary/aromatic N) is 1. The van der Waals surface area contributed by atoms with E-state index in [1.807, 2.05) is 19.9 Å². The fraction of sp³-hybridized carbons (Fsp3) is 0.632. The molecule has 1 aromatic carbocycles. The molecule has 2 heterocycles. The third-order valence-electron chi connectivity index (χ3n) is 5.30. The number of benzene rings is 1. The number of hydrogen-bond acceptors (Lipinski definition) is 4. The standard InChI is InChI=1S/C19H27NO3/c1-12(2)23-19(22)18-16-10-9-15(11-17(18)21)20(16)13(3)14-7-5-4-6-8-14/h4-8,12-13,15-18,21H,9-11H2,1-3H3/t13-,15?,16?,17?,18?/m1/s1. The van der Waals surface area contributed by atoms with Gasteiger partial charge < -0.3 is 9.84 Å². The van der Waals surface area contributed by atoms with Crippen LogP contribution in [0.2, 0.25) is 0 Å². The highest BCUT2D eigenvalue weighted by Crippen LogP contribution is 2.44. The second-order valence-electron chi connectivity index (χ2n) is 7.15. The van der Waals surface area contributed by atoms with E-state index in [-0.39, 0.29) is 24.2 Å². The Bertz CT molecular complexity index is 545. The molecule has 2 saturated heterocycles. The first-order chi connectivity index (χ1) is 11.0. The van der Waals surface area contributed by atoms with Crippen molar-refractivity contribution in [2.75, 3.05) is 0 Å². The number of esters is 1. The van der Waals surface area contributed by atoms with Crippen LogP contribution in [0.5, 0.6) is 0 Å². The highest BCUT2D eigenvalue weighted by Gasteiger charge is 2.51. The quantitative estimate of drug-likeness (QED) is 0.868. The minimum absolute atomic E-state index is 0.0743. The number of hydrogen-bond donors (Lipinski definition) is 1. The van der Waals surface area contributed by atoms with Gasteiger partial charge in [0.15, 0.2) is 0 Å². The number of fused-ring (bicyclic) bond motifs is 2. The Hall–Kier alpha value is -1.39. The molecule has 2 fully saturated rings. The van der Waals surface area contributed by atoms with Gasteiger partial charge in [-0.05, 0) is 45.6 Å². The molecule has 23 heavy (non-hydrogen) atoms. The molecule has 4 nitrogen and oxygen atoms in total. The molecule has 0 radical (unpaired) electrons. The van der Waals surface area contributed by atoms with Crippen LogP contribution in [0.3, 0.4) is 0 Å². The number of rotatable bonds is 4. The van der Waals surface area contributed by atoms with Gasteiger partial charge in [0.2, 0.25) is 0 Å². The van der Waals surface area contributed by atoms with E-state index < -0.39 is 12.0 Å². The number of carbonyl (C=O) groups is 1. The van der Waals surface area contributed by atoms with Crippen molar-refractivity contribution < 1.29 is 14.6 Å². The molecule has 2 aliphatic heterocycles. The predicted octanol–water partition coefficient (Wildman–Crippen LogP) is 2.91. The zero-order chi connectivity index (χ0) is 16.6. The van der Waals surface area contributed by atoms with E-state index in [1.165, 1.54) is 5.56 Å². The largest absolute Gasteiger partial charge is 0.463 e. The molecule has 126 valence electrons. The lowest BCUT2D eigenvalue weighted by Gasteiger charge is -2.45. The lowest BCUT2D eigenvalue weighted by atomic mass is 9.85. The van der Waals surface area contributed by atoms with Crippen LogP contribution in [-0.4, -0.2) is 40.3 Å². The number of piperidine rings is 1. The first-order valence-electron chi connectivity index (χ1n) is 8.70. The second-order valence-corrected chi connectivity index (χ2v) is 7.15. The van der Waals surface area contributed by atoms with Crippen molar-refractivity contribution >= 4 is 5.97 Å². The Kier molecular flexibility index (Phi) is 4.74. The molecule has 0 aliphatic carbocycles. The van der Waals surface area contributed by atoms with Crippen LogP contribution in [0.25, 0.3) is 0 Å². The summed E-state index contributed by atoms with van der Waals surface area (Å²) in [7, 11) is 0. The Morgan fingerprint density at radius 3 is 2.57 bits per heavy atom.